The number of rotatable bonds is 5. The maximum atomic E-state index is 11.9. The van der Waals surface area contributed by atoms with Crippen molar-refractivity contribution in [1.82, 2.24) is 15.1 Å². The molecular formula is C10H17N3O2. The van der Waals surface area contributed by atoms with E-state index in [1.165, 1.54) is 6.07 Å². The van der Waals surface area contributed by atoms with Gasteiger partial charge < -0.3 is 4.90 Å². The zero-order valence-electron chi connectivity index (χ0n) is 9.17. The van der Waals surface area contributed by atoms with E-state index < -0.39 is 0 Å². The molecule has 0 aliphatic carbocycles. The lowest BCUT2D eigenvalue weighted by atomic mass is 10.3. The van der Waals surface area contributed by atoms with Gasteiger partial charge in [-0.1, -0.05) is 13.8 Å². The van der Waals surface area contributed by atoms with Gasteiger partial charge in [0.1, 0.15) is 5.69 Å². The summed E-state index contributed by atoms with van der Waals surface area (Å²) in [5.41, 5.74) is 0.0631. The minimum absolute atomic E-state index is 0.114. The second-order valence-electron chi connectivity index (χ2n) is 3.46. The van der Waals surface area contributed by atoms with Crippen molar-refractivity contribution in [2.75, 3.05) is 13.1 Å². The Morgan fingerprint density at radius 1 is 1.27 bits per heavy atom. The number of amides is 1. The maximum absolute atomic E-state index is 11.9. The van der Waals surface area contributed by atoms with Gasteiger partial charge in [0, 0.05) is 19.2 Å². The second kappa shape index (κ2) is 5.38. The third kappa shape index (κ3) is 2.97. The van der Waals surface area contributed by atoms with E-state index in [-0.39, 0.29) is 11.5 Å². The van der Waals surface area contributed by atoms with Crippen molar-refractivity contribution in [3.63, 3.8) is 0 Å². The van der Waals surface area contributed by atoms with Crippen LogP contribution < -0.4 is 5.56 Å². The third-order valence-corrected chi connectivity index (χ3v) is 2.10. The highest BCUT2D eigenvalue weighted by Crippen LogP contribution is 2.01. The molecule has 1 heterocycles. The van der Waals surface area contributed by atoms with Gasteiger partial charge in [-0.05, 0) is 12.8 Å². The van der Waals surface area contributed by atoms with Gasteiger partial charge in [-0.3, -0.25) is 19.8 Å². The van der Waals surface area contributed by atoms with Crippen LogP contribution in [-0.2, 0) is 0 Å². The van der Waals surface area contributed by atoms with Gasteiger partial charge in [0.05, 0.1) is 0 Å². The fourth-order valence-electron chi connectivity index (χ4n) is 1.47. The fourth-order valence-corrected chi connectivity index (χ4v) is 1.47. The number of aromatic amines is 2. The van der Waals surface area contributed by atoms with Crippen LogP contribution in [0.25, 0.3) is 0 Å². The van der Waals surface area contributed by atoms with Gasteiger partial charge >= 0.3 is 0 Å². The standard InChI is InChI=1S/C10H17N3O2/c1-3-5-13(6-4-2)10(15)8-7-9(14)12-11-8/h7H,3-6H2,1-2H3,(H2,11,12,14). The van der Waals surface area contributed by atoms with Gasteiger partial charge in [-0.2, -0.15) is 0 Å². The molecule has 15 heavy (non-hydrogen) atoms. The Bertz CT molecular complexity index is 361. The lowest BCUT2D eigenvalue weighted by molar-refractivity contribution is 0.0749. The first-order valence-corrected chi connectivity index (χ1v) is 5.26. The van der Waals surface area contributed by atoms with Crippen LogP contribution in [0.5, 0.6) is 0 Å². The summed E-state index contributed by atoms with van der Waals surface area (Å²) in [5.74, 6) is -0.114. The summed E-state index contributed by atoms with van der Waals surface area (Å²) >= 11 is 0. The third-order valence-electron chi connectivity index (χ3n) is 2.10. The molecule has 0 atom stereocenters. The van der Waals surface area contributed by atoms with Crippen LogP contribution in [0.1, 0.15) is 37.2 Å². The molecule has 0 bridgehead atoms. The monoisotopic (exact) mass is 211 g/mol. The Labute approximate surface area is 88.5 Å². The summed E-state index contributed by atoms with van der Waals surface area (Å²) in [6, 6.07) is 1.29. The smallest absolute Gasteiger partial charge is 0.271 e. The normalized spacial score (nSPS) is 10.3. The van der Waals surface area contributed by atoms with Crippen LogP contribution in [-0.4, -0.2) is 34.1 Å². The summed E-state index contributed by atoms with van der Waals surface area (Å²) in [7, 11) is 0. The molecule has 1 aromatic heterocycles. The molecule has 84 valence electrons. The van der Waals surface area contributed by atoms with Gasteiger partial charge in [-0.25, -0.2) is 0 Å². The van der Waals surface area contributed by atoms with E-state index in [1.807, 2.05) is 13.8 Å². The van der Waals surface area contributed by atoms with Crippen molar-refractivity contribution in [3.05, 3.63) is 22.1 Å². The van der Waals surface area contributed by atoms with Crippen molar-refractivity contribution >= 4 is 5.91 Å². The first-order valence-electron chi connectivity index (χ1n) is 5.26. The predicted octanol–water partition coefficient (Wildman–Crippen LogP) is 0.965. The van der Waals surface area contributed by atoms with Crippen LogP contribution >= 0.6 is 0 Å². The summed E-state index contributed by atoms with van der Waals surface area (Å²) in [6.45, 7) is 5.49. The summed E-state index contributed by atoms with van der Waals surface area (Å²) < 4.78 is 0. The van der Waals surface area contributed by atoms with Crippen LogP contribution in [0.2, 0.25) is 0 Å². The average molecular weight is 211 g/mol. The van der Waals surface area contributed by atoms with E-state index in [0.29, 0.717) is 5.69 Å². The topological polar surface area (TPSA) is 69.0 Å². The Balaban J connectivity index is 2.75. The molecule has 0 saturated heterocycles. The molecule has 1 aromatic rings. The van der Waals surface area contributed by atoms with Gasteiger partial charge in [0.2, 0.25) is 0 Å². The highest BCUT2D eigenvalue weighted by atomic mass is 16.2. The quantitative estimate of drug-likeness (QED) is 0.761. The number of hydrogen-bond acceptors (Lipinski definition) is 2. The number of nitrogens with one attached hydrogen (secondary N) is 2. The van der Waals surface area contributed by atoms with Crippen LogP contribution in [0.15, 0.2) is 10.9 Å². The van der Waals surface area contributed by atoms with Crippen LogP contribution in [0.3, 0.4) is 0 Å². The second-order valence-corrected chi connectivity index (χ2v) is 3.46. The van der Waals surface area contributed by atoms with E-state index in [4.69, 9.17) is 0 Å². The van der Waals surface area contributed by atoms with Crippen molar-refractivity contribution < 1.29 is 4.79 Å². The molecular weight excluding hydrogens is 194 g/mol. The summed E-state index contributed by atoms with van der Waals surface area (Å²) in [5, 5.41) is 4.93. The highest BCUT2D eigenvalue weighted by Gasteiger charge is 2.15. The van der Waals surface area contributed by atoms with E-state index >= 15 is 0 Å². The number of carbonyl (C=O) groups is 1. The zero-order valence-corrected chi connectivity index (χ0v) is 9.17. The molecule has 0 aromatic carbocycles. The molecule has 2 N–H and O–H groups in total. The van der Waals surface area contributed by atoms with Crippen LogP contribution in [0.4, 0.5) is 0 Å². The van der Waals surface area contributed by atoms with Gasteiger partial charge in [-0.15, -0.1) is 0 Å². The van der Waals surface area contributed by atoms with Crippen molar-refractivity contribution in [1.29, 1.82) is 0 Å². The van der Waals surface area contributed by atoms with E-state index in [9.17, 15) is 9.59 Å². The molecule has 5 nitrogen and oxygen atoms in total. The van der Waals surface area contributed by atoms with E-state index in [0.717, 1.165) is 25.9 Å². The number of aromatic nitrogens is 2. The van der Waals surface area contributed by atoms with E-state index in [1.54, 1.807) is 4.90 Å². The average Bonchev–Trinajstić information content (AvgIpc) is 2.63. The Morgan fingerprint density at radius 2 is 1.87 bits per heavy atom. The number of carbonyl (C=O) groups excluding carboxylic acids is 1. The highest BCUT2D eigenvalue weighted by molar-refractivity contribution is 5.92. The van der Waals surface area contributed by atoms with Crippen molar-refractivity contribution in [2.24, 2.45) is 0 Å². The van der Waals surface area contributed by atoms with E-state index in [2.05, 4.69) is 10.2 Å². The fraction of sp³-hybridized carbons (Fsp3) is 0.600. The van der Waals surface area contributed by atoms with Crippen molar-refractivity contribution in [3.8, 4) is 0 Å². The minimum Gasteiger partial charge on any atom is -0.337 e. The summed E-state index contributed by atoms with van der Waals surface area (Å²) in [6.07, 6.45) is 1.83. The number of nitrogens with zero attached hydrogens (tertiary/aromatic N) is 1. The van der Waals surface area contributed by atoms with Crippen LogP contribution in [0, 0.1) is 0 Å². The molecule has 0 unspecified atom stereocenters. The molecule has 0 fully saturated rings. The first-order chi connectivity index (χ1) is 7.19. The maximum Gasteiger partial charge on any atom is 0.271 e. The molecule has 0 aliphatic rings. The Morgan fingerprint density at radius 3 is 2.27 bits per heavy atom. The summed E-state index contributed by atoms with van der Waals surface area (Å²) in [4.78, 5) is 24.5. The molecule has 0 aliphatic heterocycles. The lowest BCUT2D eigenvalue weighted by Gasteiger charge is -2.20. The zero-order chi connectivity index (χ0) is 11.3. The number of H-pyrrole nitrogens is 2. The Kier molecular flexibility index (Phi) is 4.15. The number of hydrogen-bond donors (Lipinski definition) is 2. The molecule has 0 radical (unpaired) electrons. The van der Waals surface area contributed by atoms with Gasteiger partial charge in [0.15, 0.2) is 0 Å². The largest absolute Gasteiger partial charge is 0.337 e. The Hall–Kier alpha value is -1.52. The molecule has 5 heteroatoms. The molecule has 0 saturated carbocycles. The van der Waals surface area contributed by atoms with Crippen molar-refractivity contribution in [2.45, 2.75) is 26.7 Å². The van der Waals surface area contributed by atoms with Gasteiger partial charge in [0.25, 0.3) is 11.5 Å². The SMILES string of the molecule is CCCN(CCC)C(=O)c1cc(=O)[nH][nH]1. The predicted molar refractivity (Wildman–Crippen MR) is 57.9 cm³/mol. The molecule has 1 rings (SSSR count). The minimum atomic E-state index is -0.272. The lowest BCUT2D eigenvalue weighted by Crippen LogP contribution is -2.32. The molecule has 1 amide bonds. The molecule has 0 spiro atoms. The first kappa shape index (κ1) is 11.6.